The molecule has 20 heavy (non-hydrogen) atoms. The third-order valence-corrected chi connectivity index (χ3v) is 3.58. The van der Waals surface area contributed by atoms with Crippen molar-refractivity contribution >= 4 is 11.6 Å². The Morgan fingerprint density at radius 1 is 1.45 bits per heavy atom. The number of hydrogen-bond donors (Lipinski definition) is 1. The predicted molar refractivity (Wildman–Crippen MR) is 83.8 cm³/mol. The number of guanidine groups is 1. The minimum Gasteiger partial charge on any atom is -0.497 e. The van der Waals surface area contributed by atoms with Crippen LogP contribution in [-0.4, -0.2) is 58.2 Å². The maximum Gasteiger partial charge on any atom is 0.193 e. The van der Waals surface area contributed by atoms with Gasteiger partial charge in [-0.05, 0) is 18.6 Å². The lowest BCUT2D eigenvalue weighted by atomic mass is 10.2. The Bertz CT molecular complexity index is 473. The third kappa shape index (κ3) is 3.35. The van der Waals surface area contributed by atoms with Crippen LogP contribution in [0.1, 0.15) is 6.42 Å². The van der Waals surface area contributed by atoms with Crippen LogP contribution >= 0.6 is 0 Å². The van der Waals surface area contributed by atoms with Gasteiger partial charge in [0.15, 0.2) is 5.96 Å². The van der Waals surface area contributed by atoms with Crippen LogP contribution in [0.4, 0.5) is 5.69 Å². The maximum atomic E-state index is 5.29. The average Bonchev–Trinajstić information content (AvgIpc) is 2.93. The Balaban J connectivity index is 1.98. The molecular weight excluding hydrogens is 252 g/mol. The summed E-state index contributed by atoms with van der Waals surface area (Å²) >= 11 is 0. The van der Waals surface area contributed by atoms with E-state index in [9.17, 15) is 0 Å². The maximum absolute atomic E-state index is 5.29. The van der Waals surface area contributed by atoms with Crippen molar-refractivity contribution in [2.45, 2.75) is 12.5 Å². The first-order valence-electron chi connectivity index (χ1n) is 6.93. The van der Waals surface area contributed by atoms with Gasteiger partial charge in [-0.1, -0.05) is 6.07 Å². The monoisotopic (exact) mass is 276 g/mol. The van der Waals surface area contributed by atoms with Crippen molar-refractivity contribution in [3.05, 3.63) is 24.3 Å². The molecule has 1 aliphatic rings. The molecule has 5 nitrogen and oxygen atoms in total. The van der Waals surface area contributed by atoms with E-state index < -0.39 is 0 Å². The molecule has 1 aliphatic heterocycles. The second kappa shape index (κ2) is 6.50. The van der Waals surface area contributed by atoms with E-state index in [1.165, 1.54) is 5.69 Å². The van der Waals surface area contributed by atoms with E-state index in [0.717, 1.165) is 31.2 Å². The molecule has 1 aromatic carbocycles. The molecule has 1 fully saturated rings. The minimum absolute atomic E-state index is 0.433. The van der Waals surface area contributed by atoms with Crippen molar-refractivity contribution in [1.29, 1.82) is 0 Å². The Labute approximate surface area is 121 Å². The molecule has 1 saturated heterocycles. The van der Waals surface area contributed by atoms with Gasteiger partial charge >= 0.3 is 0 Å². The topological polar surface area (TPSA) is 40.1 Å². The summed E-state index contributed by atoms with van der Waals surface area (Å²) in [6, 6.07) is 8.66. The highest BCUT2D eigenvalue weighted by Gasteiger charge is 2.24. The van der Waals surface area contributed by atoms with Crippen molar-refractivity contribution in [3.63, 3.8) is 0 Å². The molecule has 0 aromatic heterocycles. The Morgan fingerprint density at radius 2 is 2.25 bits per heavy atom. The van der Waals surface area contributed by atoms with Gasteiger partial charge in [0.05, 0.1) is 7.11 Å². The van der Waals surface area contributed by atoms with Gasteiger partial charge in [-0.2, -0.15) is 0 Å². The molecule has 0 amide bonds. The molecule has 0 spiro atoms. The summed E-state index contributed by atoms with van der Waals surface area (Å²) in [5.41, 5.74) is 1.22. The van der Waals surface area contributed by atoms with Gasteiger partial charge in [-0.3, -0.25) is 4.99 Å². The summed E-state index contributed by atoms with van der Waals surface area (Å²) in [4.78, 5) is 8.66. The Morgan fingerprint density at radius 3 is 2.90 bits per heavy atom. The first-order valence-corrected chi connectivity index (χ1v) is 6.93. The zero-order valence-electron chi connectivity index (χ0n) is 12.8. The predicted octanol–water partition coefficient (Wildman–Crippen LogP) is 1.41. The van der Waals surface area contributed by atoms with E-state index in [2.05, 4.69) is 27.3 Å². The fraction of sp³-hybridized carbons (Fsp3) is 0.533. The van der Waals surface area contributed by atoms with Crippen molar-refractivity contribution in [3.8, 4) is 5.75 Å². The first-order chi connectivity index (χ1) is 9.63. The standard InChI is InChI=1S/C15H24N4O/c1-16-15(18(2)3)17-12-8-9-19(11-12)13-6-5-7-14(10-13)20-4/h5-7,10,12H,8-9,11H2,1-4H3,(H,16,17). The summed E-state index contributed by atoms with van der Waals surface area (Å²) in [6.45, 7) is 2.04. The molecule has 110 valence electrons. The van der Waals surface area contributed by atoms with Gasteiger partial charge in [-0.15, -0.1) is 0 Å². The molecule has 2 rings (SSSR count). The number of benzene rings is 1. The van der Waals surface area contributed by atoms with Crippen LogP contribution in [0.15, 0.2) is 29.3 Å². The summed E-state index contributed by atoms with van der Waals surface area (Å²) in [5, 5.41) is 3.50. The molecule has 0 aliphatic carbocycles. The zero-order valence-corrected chi connectivity index (χ0v) is 12.8. The van der Waals surface area contributed by atoms with Gasteiger partial charge in [0, 0.05) is 52.0 Å². The van der Waals surface area contributed by atoms with Crippen molar-refractivity contribution in [1.82, 2.24) is 10.2 Å². The number of nitrogens with one attached hydrogen (secondary N) is 1. The van der Waals surface area contributed by atoms with Crippen LogP contribution in [0.2, 0.25) is 0 Å². The van der Waals surface area contributed by atoms with Gasteiger partial charge in [0.2, 0.25) is 0 Å². The van der Waals surface area contributed by atoms with E-state index in [4.69, 9.17) is 4.74 Å². The van der Waals surface area contributed by atoms with Crippen molar-refractivity contribution in [2.24, 2.45) is 4.99 Å². The van der Waals surface area contributed by atoms with E-state index >= 15 is 0 Å². The number of ether oxygens (including phenoxy) is 1. The highest BCUT2D eigenvalue weighted by atomic mass is 16.5. The lowest BCUT2D eigenvalue weighted by molar-refractivity contribution is 0.415. The molecule has 0 bridgehead atoms. The molecular formula is C15H24N4O. The van der Waals surface area contributed by atoms with Crippen LogP contribution < -0.4 is 15.0 Å². The van der Waals surface area contributed by atoms with E-state index in [-0.39, 0.29) is 0 Å². The normalized spacial score (nSPS) is 19.1. The first kappa shape index (κ1) is 14.5. The number of hydrogen-bond acceptors (Lipinski definition) is 3. The molecule has 0 radical (unpaired) electrons. The highest BCUT2D eigenvalue weighted by Crippen LogP contribution is 2.24. The fourth-order valence-electron chi connectivity index (χ4n) is 2.50. The second-order valence-electron chi connectivity index (χ2n) is 5.22. The lowest BCUT2D eigenvalue weighted by Gasteiger charge is -2.22. The number of aliphatic imine (C=N–C) groups is 1. The Hall–Kier alpha value is -1.91. The van der Waals surface area contributed by atoms with Crippen LogP contribution in [-0.2, 0) is 0 Å². The third-order valence-electron chi connectivity index (χ3n) is 3.58. The number of anilines is 1. The largest absolute Gasteiger partial charge is 0.497 e. The van der Waals surface area contributed by atoms with Crippen molar-refractivity contribution < 1.29 is 4.74 Å². The molecule has 1 aromatic rings. The molecule has 1 heterocycles. The number of nitrogens with zero attached hydrogens (tertiary/aromatic N) is 3. The van der Waals surface area contributed by atoms with E-state index in [0.29, 0.717) is 6.04 Å². The molecule has 1 unspecified atom stereocenters. The van der Waals surface area contributed by atoms with Crippen LogP contribution in [0.5, 0.6) is 5.75 Å². The summed E-state index contributed by atoms with van der Waals surface area (Å²) in [5.74, 6) is 1.84. The summed E-state index contributed by atoms with van der Waals surface area (Å²) in [6.07, 6.45) is 1.12. The highest BCUT2D eigenvalue weighted by molar-refractivity contribution is 5.79. The zero-order chi connectivity index (χ0) is 14.5. The van der Waals surface area contributed by atoms with E-state index in [1.54, 1.807) is 7.11 Å². The van der Waals surface area contributed by atoms with Gasteiger partial charge in [0.1, 0.15) is 5.75 Å². The number of methoxy groups -OCH3 is 1. The minimum atomic E-state index is 0.433. The van der Waals surface area contributed by atoms with Crippen LogP contribution in [0.25, 0.3) is 0 Å². The lowest BCUT2D eigenvalue weighted by Crippen LogP contribution is -2.43. The van der Waals surface area contributed by atoms with Crippen molar-refractivity contribution in [2.75, 3.05) is 46.2 Å². The smallest absolute Gasteiger partial charge is 0.193 e. The number of rotatable bonds is 3. The van der Waals surface area contributed by atoms with Crippen LogP contribution in [0.3, 0.4) is 0 Å². The van der Waals surface area contributed by atoms with Crippen LogP contribution in [0, 0.1) is 0 Å². The second-order valence-corrected chi connectivity index (χ2v) is 5.22. The summed E-state index contributed by atoms with van der Waals surface area (Å²) in [7, 11) is 7.53. The van der Waals surface area contributed by atoms with Gasteiger partial charge < -0.3 is 19.9 Å². The van der Waals surface area contributed by atoms with E-state index in [1.807, 2.05) is 38.2 Å². The Kier molecular flexibility index (Phi) is 4.71. The molecule has 1 N–H and O–H groups in total. The van der Waals surface area contributed by atoms with Gasteiger partial charge in [-0.25, -0.2) is 0 Å². The quantitative estimate of drug-likeness (QED) is 0.669. The molecule has 1 atom stereocenters. The van der Waals surface area contributed by atoms with Gasteiger partial charge in [0.25, 0.3) is 0 Å². The SMILES string of the molecule is CN=C(NC1CCN(c2cccc(OC)c2)C1)N(C)C. The molecule has 5 heteroatoms. The average molecular weight is 276 g/mol. The fourth-order valence-corrected chi connectivity index (χ4v) is 2.50. The molecule has 0 saturated carbocycles. The summed E-state index contributed by atoms with van der Waals surface area (Å²) < 4.78 is 5.29.